The zero-order valence-electron chi connectivity index (χ0n) is 11.6. The molecule has 0 aliphatic heterocycles. The van der Waals surface area contributed by atoms with E-state index in [1.54, 1.807) is 19.9 Å². The molecule has 0 spiro atoms. The van der Waals surface area contributed by atoms with E-state index in [2.05, 4.69) is 0 Å². The molecular weight excluding hydrogens is 282 g/mol. The zero-order valence-corrected chi connectivity index (χ0v) is 11.6. The Kier molecular flexibility index (Phi) is 4.05. The molecular formula is C16H15F4N. The van der Waals surface area contributed by atoms with Gasteiger partial charge in [-0.3, -0.25) is 0 Å². The SMILES string of the molecule is Cc1cc(F)ccc1C(N)c1ccc(C(F)(F)F)cc1C. The van der Waals surface area contributed by atoms with Gasteiger partial charge in [0.2, 0.25) is 0 Å². The molecule has 2 aromatic carbocycles. The highest BCUT2D eigenvalue weighted by atomic mass is 19.4. The third-order valence-corrected chi connectivity index (χ3v) is 3.50. The van der Waals surface area contributed by atoms with Gasteiger partial charge in [0.1, 0.15) is 5.82 Å². The van der Waals surface area contributed by atoms with Crippen molar-refractivity contribution >= 4 is 0 Å². The van der Waals surface area contributed by atoms with Crippen LogP contribution in [0.25, 0.3) is 0 Å². The molecule has 0 fully saturated rings. The van der Waals surface area contributed by atoms with E-state index in [1.165, 1.54) is 18.2 Å². The number of benzene rings is 2. The van der Waals surface area contributed by atoms with E-state index < -0.39 is 17.8 Å². The standard InChI is InChI=1S/C16H15F4N/c1-9-7-11(16(18,19)20)3-5-13(9)15(21)14-6-4-12(17)8-10(14)2/h3-8,15H,21H2,1-2H3. The number of nitrogens with two attached hydrogens (primary N) is 1. The summed E-state index contributed by atoms with van der Waals surface area (Å²) in [4.78, 5) is 0. The predicted octanol–water partition coefficient (Wildman–Crippen LogP) is 4.51. The Morgan fingerprint density at radius 1 is 0.905 bits per heavy atom. The van der Waals surface area contributed by atoms with Crippen molar-refractivity contribution in [2.24, 2.45) is 5.73 Å². The Bertz CT molecular complexity index is 662. The van der Waals surface area contributed by atoms with E-state index in [-0.39, 0.29) is 5.82 Å². The molecule has 0 aliphatic rings. The van der Waals surface area contributed by atoms with Gasteiger partial charge in [-0.1, -0.05) is 12.1 Å². The van der Waals surface area contributed by atoms with Crippen LogP contribution in [0.4, 0.5) is 17.6 Å². The van der Waals surface area contributed by atoms with Crippen molar-refractivity contribution in [3.05, 3.63) is 70.0 Å². The van der Waals surface area contributed by atoms with Crippen molar-refractivity contribution in [3.8, 4) is 0 Å². The maximum absolute atomic E-state index is 13.1. The highest BCUT2D eigenvalue weighted by Crippen LogP contribution is 2.33. The van der Waals surface area contributed by atoms with Crippen LogP contribution in [0.3, 0.4) is 0 Å². The third kappa shape index (κ3) is 3.24. The molecule has 112 valence electrons. The fraction of sp³-hybridized carbons (Fsp3) is 0.250. The Labute approximate surface area is 120 Å². The van der Waals surface area contributed by atoms with Crippen molar-refractivity contribution in [1.29, 1.82) is 0 Å². The summed E-state index contributed by atoms with van der Waals surface area (Å²) in [5.74, 6) is -0.368. The lowest BCUT2D eigenvalue weighted by Gasteiger charge is -2.19. The van der Waals surface area contributed by atoms with Crippen LogP contribution in [0.5, 0.6) is 0 Å². The van der Waals surface area contributed by atoms with Gasteiger partial charge in [-0.2, -0.15) is 13.2 Å². The summed E-state index contributed by atoms with van der Waals surface area (Å²) in [5.41, 5.74) is 7.84. The molecule has 2 rings (SSSR count). The van der Waals surface area contributed by atoms with Crippen LogP contribution >= 0.6 is 0 Å². The normalized spacial score (nSPS) is 13.3. The fourth-order valence-corrected chi connectivity index (χ4v) is 2.36. The van der Waals surface area contributed by atoms with Gasteiger partial charge in [-0.05, 0) is 60.4 Å². The van der Waals surface area contributed by atoms with E-state index in [0.717, 1.165) is 12.1 Å². The van der Waals surface area contributed by atoms with Crippen molar-refractivity contribution in [2.45, 2.75) is 26.1 Å². The predicted molar refractivity (Wildman–Crippen MR) is 73.3 cm³/mol. The average Bonchev–Trinajstić information content (AvgIpc) is 2.36. The van der Waals surface area contributed by atoms with Gasteiger partial charge in [-0.15, -0.1) is 0 Å². The molecule has 2 N–H and O–H groups in total. The van der Waals surface area contributed by atoms with Gasteiger partial charge in [0.05, 0.1) is 11.6 Å². The van der Waals surface area contributed by atoms with Crippen LogP contribution in [0.1, 0.15) is 33.9 Å². The van der Waals surface area contributed by atoms with Gasteiger partial charge in [0.15, 0.2) is 0 Å². The summed E-state index contributed by atoms with van der Waals surface area (Å²) in [7, 11) is 0. The van der Waals surface area contributed by atoms with E-state index in [4.69, 9.17) is 5.73 Å². The first-order valence-corrected chi connectivity index (χ1v) is 6.39. The van der Waals surface area contributed by atoms with Gasteiger partial charge in [0.25, 0.3) is 0 Å². The summed E-state index contributed by atoms with van der Waals surface area (Å²) in [6, 6.07) is 7.09. The number of rotatable bonds is 2. The lowest BCUT2D eigenvalue weighted by Crippen LogP contribution is -2.16. The highest BCUT2D eigenvalue weighted by molar-refractivity contribution is 5.42. The molecule has 1 unspecified atom stereocenters. The molecule has 0 saturated heterocycles. The first kappa shape index (κ1) is 15.5. The maximum Gasteiger partial charge on any atom is 0.416 e. The van der Waals surface area contributed by atoms with Gasteiger partial charge in [-0.25, -0.2) is 4.39 Å². The summed E-state index contributed by atoms with van der Waals surface area (Å²) < 4.78 is 51.1. The minimum atomic E-state index is -4.38. The van der Waals surface area contributed by atoms with Crippen LogP contribution < -0.4 is 5.73 Å². The summed E-state index contributed by atoms with van der Waals surface area (Å²) >= 11 is 0. The van der Waals surface area contributed by atoms with Crippen LogP contribution in [-0.4, -0.2) is 0 Å². The molecule has 1 nitrogen and oxygen atoms in total. The number of alkyl halides is 3. The summed E-state index contributed by atoms with van der Waals surface area (Å²) in [5, 5.41) is 0. The monoisotopic (exact) mass is 297 g/mol. The Morgan fingerprint density at radius 3 is 1.90 bits per heavy atom. The van der Waals surface area contributed by atoms with Crippen molar-refractivity contribution in [3.63, 3.8) is 0 Å². The summed E-state index contributed by atoms with van der Waals surface area (Å²) in [6.45, 7) is 3.31. The van der Waals surface area contributed by atoms with Crippen molar-refractivity contribution < 1.29 is 17.6 Å². The van der Waals surface area contributed by atoms with Crippen LogP contribution in [0.2, 0.25) is 0 Å². The van der Waals surface area contributed by atoms with E-state index in [9.17, 15) is 17.6 Å². The number of hydrogen-bond acceptors (Lipinski definition) is 1. The molecule has 0 bridgehead atoms. The molecule has 0 heterocycles. The molecule has 0 saturated carbocycles. The first-order valence-electron chi connectivity index (χ1n) is 6.39. The molecule has 0 aromatic heterocycles. The Morgan fingerprint density at radius 2 is 1.43 bits per heavy atom. The van der Waals surface area contributed by atoms with Crippen molar-refractivity contribution in [1.82, 2.24) is 0 Å². The molecule has 0 radical (unpaired) electrons. The average molecular weight is 297 g/mol. The number of hydrogen-bond donors (Lipinski definition) is 1. The number of halogens is 4. The van der Waals surface area contributed by atoms with Gasteiger partial charge >= 0.3 is 6.18 Å². The highest BCUT2D eigenvalue weighted by Gasteiger charge is 2.31. The summed E-state index contributed by atoms with van der Waals surface area (Å²) in [6.07, 6.45) is -4.38. The maximum atomic E-state index is 13.1. The molecule has 2 aromatic rings. The van der Waals surface area contributed by atoms with E-state index >= 15 is 0 Å². The Hall–Kier alpha value is -1.88. The second kappa shape index (κ2) is 5.48. The fourth-order valence-electron chi connectivity index (χ4n) is 2.36. The lowest BCUT2D eigenvalue weighted by atomic mass is 9.92. The van der Waals surface area contributed by atoms with Gasteiger partial charge < -0.3 is 5.73 Å². The Balaban J connectivity index is 2.42. The van der Waals surface area contributed by atoms with Crippen LogP contribution in [-0.2, 0) is 6.18 Å². The minimum Gasteiger partial charge on any atom is -0.320 e. The third-order valence-electron chi connectivity index (χ3n) is 3.50. The zero-order chi connectivity index (χ0) is 15.8. The first-order chi connectivity index (χ1) is 9.70. The minimum absolute atomic E-state index is 0.368. The molecule has 5 heteroatoms. The number of aryl methyl sites for hydroxylation is 2. The lowest BCUT2D eigenvalue weighted by molar-refractivity contribution is -0.137. The van der Waals surface area contributed by atoms with Crippen molar-refractivity contribution in [2.75, 3.05) is 0 Å². The largest absolute Gasteiger partial charge is 0.416 e. The quantitative estimate of drug-likeness (QED) is 0.811. The smallest absolute Gasteiger partial charge is 0.320 e. The molecule has 0 aliphatic carbocycles. The molecule has 0 amide bonds. The second-order valence-corrected chi connectivity index (χ2v) is 5.05. The van der Waals surface area contributed by atoms with Crippen LogP contribution in [0.15, 0.2) is 36.4 Å². The van der Waals surface area contributed by atoms with E-state index in [1.807, 2.05) is 0 Å². The topological polar surface area (TPSA) is 26.0 Å². The second-order valence-electron chi connectivity index (χ2n) is 5.05. The molecule has 1 atom stereocenters. The van der Waals surface area contributed by atoms with Gasteiger partial charge in [0, 0.05) is 0 Å². The van der Waals surface area contributed by atoms with E-state index in [0.29, 0.717) is 22.3 Å². The molecule has 21 heavy (non-hydrogen) atoms. The van der Waals surface area contributed by atoms with Crippen LogP contribution in [0, 0.1) is 19.7 Å².